The highest BCUT2D eigenvalue weighted by Gasteiger charge is 2.19. The van der Waals surface area contributed by atoms with Crippen LogP contribution >= 0.6 is 0 Å². The van der Waals surface area contributed by atoms with E-state index in [1.165, 1.54) is 6.92 Å². The summed E-state index contributed by atoms with van der Waals surface area (Å²) in [4.78, 5) is 36.1. The van der Waals surface area contributed by atoms with Crippen LogP contribution < -0.4 is 10.6 Å². The lowest BCUT2D eigenvalue weighted by Gasteiger charge is -2.13. The molecule has 2 amide bonds. The molecule has 0 saturated carbocycles. The van der Waals surface area contributed by atoms with Crippen LogP contribution in [0, 0.1) is 0 Å². The number of fused-ring (bicyclic) bond motifs is 1. The normalized spacial score (nSPS) is 11.5. The Morgan fingerprint density at radius 3 is 2.32 bits per heavy atom. The molecule has 0 heterocycles. The van der Waals surface area contributed by atoms with Crippen LogP contribution in [-0.4, -0.2) is 30.4 Å². The summed E-state index contributed by atoms with van der Waals surface area (Å²) in [6.07, 6.45) is 0. The lowest BCUT2D eigenvalue weighted by atomic mass is 10.1. The Labute approximate surface area is 162 Å². The summed E-state index contributed by atoms with van der Waals surface area (Å²) in [7, 11) is 0. The van der Waals surface area contributed by atoms with Gasteiger partial charge in [-0.1, -0.05) is 48.5 Å². The Morgan fingerprint density at radius 1 is 0.893 bits per heavy atom. The molecule has 0 aliphatic heterocycles. The van der Waals surface area contributed by atoms with Crippen molar-refractivity contribution in [2.45, 2.75) is 13.0 Å². The Balaban J connectivity index is 1.49. The van der Waals surface area contributed by atoms with Crippen LogP contribution in [0.2, 0.25) is 0 Å². The molecular formula is C22H20N2O4. The molecule has 3 aromatic carbocycles. The second-order valence-corrected chi connectivity index (χ2v) is 6.28. The van der Waals surface area contributed by atoms with E-state index in [1.807, 2.05) is 36.4 Å². The summed E-state index contributed by atoms with van der Waals surface area (Å²) >= 11 is 0. The quantitative estimate of drug-likeness (QED) is 0.648. The van der Waals surface area contributed by atoms with Crippen molar-refractivity contribution < 1.29 is 19.1 Å². The number of rotatable bonds is 6. The van der Waals surface area contributed by atoms with Crippen LogP contribution in [0.25, 0.3) is 10.8 Å². The molecular weight excluding hydrogens is 356 g/mol. The van der Waals surface area contributed by atoms with Crippen LogP contribution in [0.1, 0.15) is 17.3 Å². The maximum Gasteiger partial charge on any atom is 0.328 e. The number of carbonyl (C=O) groups is 3. The number of carbonyl (C=O) groups excluding carboxylic acids is 3. The summed E-state index contributed by atoms with van der Waals surface area (Å²) in [5, 5.41) is 7.30. The maximum atomic E-state index is 12.0. The number of amides is 2. The number of nitrogens with one attached hydrogen (secondary N) is 2. The third-order valence-corrected chi connectivity index (χ3v) is 4.12. The first-order valence-electron chi connectivity index (χ1n) is 8.84. The Hall–Kier alpha value is -3.67. The average Bonchev–Trinajstić information content (AvgIpc) is 2.72. The molecule has 0 aliphatic rings. The molecule has 1 atom stereocenters. The van der Waals surface area contributed by atoms with E-state index < -0.39 is 24.5 Å². The largest absolute Gasteiger partial charge is 0.454 e. The van der Waals surface area contributed by atoms with Gasteiger partial charge in [0.05, 0.1) is 0 Å². The molecule has 2 N–H and O–H groups in total. The third kappa shape index (κ3) is 4.94. The van der Waals surface area contributed by atoms with Gasteiger partial charge in [0.15, 0.2) is 6.61 Å². The van der Waals surface area contributed by atoms with Crippen molar-refractivity contribution in [1.29, 1.82) is 0 Å². The Kier molecular flexibility index (Phi) is 6.01. The fraction of sp³-hybridized carbons (Fsp3) is 0.136. The first kappa shape index (κ1) is 19.1. The molecule has 1 unspecified atom stereocenters. The second kappa shape index (κ2) is 8.81. The van der Waals surface area contributed by atoms with Gasteiger partial charge in [-0.3, -0.25) is 9.59 Å². The van der Waals surface area contributed by atoms with Gasteiger partial charge in [0.1, 0.15) is 6.04 Å². The molecule has 6 nitrogen and oxygen atoms in total. The fourth-order valence-corrected chi connectivity index (χ4v) is 2.65. The predicted molar refractivity (Wildman–Crippen MR) is 107 cm³/mol. The van der Waals surface area contributed by atoms with Gasteiger partial charge in [-0.25, -0.2) is 4.79 Å². The van der Waals surface area contributed by atoms with Gasteiger partial charge in [-0.15, -0.1) is 0 Å². The fourth-order valence-electron chi connectivity index (χ4n) is 2.65. The van der Waals surface area contributed by atoms with Crippen LogP contribution in [-0.2, 0) is 14.3 Å². The smallest absolute Gasteiger partial charge is 0.328 e. The van der Waals surface area contributed by atoms with Crippen molar-refractivity contribution in [3.05, 3.63) is 78.4 Å². The minimum atomic E-state index is -0.874. The van der Waals surface area contributed by atoms with E-state index in [-0.39, 0.29) is 5.91 Å². The van der Waals surface area contributed by atoms with E-state index in [2.05, 4.69) is 10.6 Å². The van der Waals surface area contributed by atoms with E-state index in [0.29, 0.717) is 11.3 Å². The molecule has 142 valence electrons. The minimum absolute atomic E-state index is 0.384. The highest BCUT2D eigenvalue weighted by Crippen LogP contribution is 2.18. The second-order valence-electron chi connectivity index (χ2n) is 6.28. The molecule has 6 heteroatoms. The van der Waals surface area contributed by atoms with Gasteiger partial charge in [-0.05, 0) is 42.0 Å². The summed E-state index contributed by atoms with van der Waals surface area (Å²) < 4.78 is 5.00. The standard InChI is InChI=1S/C22H20N2O4/c1-15(23-21(26)17-8-3-2-4-9-17)22(27)28-14-20(25)24-19-12-11-16-7-5-6-10-18(16)13-19/h2-13,15H,14H2,1H3,(H,23,26)(H,24,25). The topological polar surface area (TPSA) is 84.5 Å². The van der Waals surface area contributed by atoms with E-state index in [0.717, 1.165) is 10.8 Å². The van der Waals surface area contributed by atoms with Gasteiger partial charge in [0, 0.05) is 11.3 Å². The number of ether oxygens (including phenoxy) is 1. The van der Waals surface area contributed by atoms with Crippen molar-refractivity contribution in [3.63, 3.8) is 0 Å². The van der Waals surface area contributed by atoms with E-state index in [9.17, 15) is 14.4 Å². The van der Waals surface area contributed by atoms with Crippen LogP contribution in [0.5, 0.6) is 0 Å². The third-order valence-electron chi connectivity index (χ3n) is 4.12. The molecule has 3 aromatic rings. The lowest BCUT2D eigenvalue weighted by molar-refractivity contribution is -0.148. The number of benzene rings is 3. The van der Waals surface area contributed by atoms with Crippen molar-refractivity contribution >= 4 is 34.2 Å². The summed E-state index contributed by atoms with van der Waals surface area (Å²) in [5.41, 5.74) is 1.06. The van der Waals surface area contributed by atoms with Crippen LogP contribution in [0.15, 0.2) is 72.8 Å². The monoisotopic (exact) mass is 376 g/mol. The van der Waals surface area contributed by atoms with Gasteiger partial charge < -0.3 is 15.4 Å². The molecule has 0 fully saturated rings. The Morgan fingerprint density at radius 2 is 1.57 bits per heavy atom. The SMILES string of the molecule is CC(NC(=O)c1ccccc1)C(=O)OCC(=O)Nc1ccc2ccccc2c1. The van der Waals surface area contributed by atoms with Gasteiger partial charge >= 0.3 is 5.97 Å². The van der Waals surface area contributed by atoms with E-state index >= 15 is 0 Å². The predicted octanol–water partition coefficient (Wildman–Crippen LogP) is 3.14. The molecule has 3 rings (SSSR count). The van der Waals surface area contributed by atoms with Crippen molar-refractivity contribution in [3.8, 4) is 0 Å². The highest BCUT2D eigenvalue weighted by molar-refractivity contribution is 5.98. The summed E-state index contributed by atoms with van der Waals surface area (Å²) in [6.45, 7) is 1.07. The number of esters is 1. The first-order chi connectivity index (χ1) is 13.5. The van der Waals surface area contributed by atoms with Crippen molar-refractivity contribution in [2.75, 3.05) is 11.9 Å². The van der Waals surface area contributed by atoms with Gasteiger partial charge in [0.2, 0.25) is 0 Å². The molecule has 0 aromatic heterocycles. The zero-order valence-corrected chi connectivity index (χ0v) is 15.3. The van der Waals surface area contributed by atoms with E-state index in [1.54, 1.807) is 36.4 Å². The number of hydrogen-bond acceptors (Lipinski definition) is 4. The van der Waals surface area contributed by atoms with Crippen LogP contribution in [0.4, 0.5) is 5.69 Å². The number of anilines is 1. The van der Waals surface area contributed by atoms with E-state index in [4.69, 9.17) is 4.74 Å². The maximum absolute atomic E-state index is 12.0. The molecule has 0 saturated heterocycles. The van der Waals surface area contributed by atoms with Crippen molar-refractivity contribution in [1.82, 2.24) is 5.32 Å². The summed E-state index contributed by atoms with van der Waals surface area (Å²) in [6, 6.07) is 21.0. The zero-order valence-electron chi connectivity index (χ0n) is 15.3. The van der Waals surface area contributed by atoms with Crippen molar-refractivity contribution in [2.24, 2.45) is 0 Å². The molecule has 28 heavy (non-hydrogen) atoms. The Bertz CT molecular complexity index is 1000. The molecule has 0 spiro atoms. The minimum Gasteiger partial charge on any atom is -0.454 e. The zero-order chi connectivity index (χ0) is 19.9. The summed E-state index contributed by atoms with van der Waals surface area (Å²) in [5.74, 6) is -1.52. The molecule has 0 radical (unpaired) electrons. The average molecular weight is 376 g/mol. The number of hydrogen-bond donors (Lipinski definition) is 2. The van der Waals surface area contributed by atoms with Crippen LogP contribution in [0.3, 0.4) is 0 Å². The lowest BCUT2D eigenvalue weighted by Crippen LogP contribution is -2.40. The first-order valence-corrected chi connectivity index (χ1v) is 8.84. The molecule has 0 aliphatic carbocycles. The van der Waals surface area contributed by atoms with Gasteiger partial charge in [-0.2, -0.15) is 0 Å². The van der Waals surface area contributed by atoms with Gasteiger partial charge in [0.25, 0.3) is 11.8 Å². The highest BCUT2D eigenvalue weighted by atomic mass is 16.5. The molecule has 0 bridgehead atoms.